The molecule has 0 aliphatic rings. The average molecular weight is 253 g/mol. The zero-order chi connectivity index (χ0) is 10.0. The number of methoxy groups -OCH3 is 1. The molecule has 1 aromatic rings. The molecule has 0 bridgehead atoms. The molecule has 72 valence electrons. The highest BCUT2D eigenvalue weighted by atomic mass is 79.9. The largest absolute Gasteiger partial charge is 0.506 e. The highest BCUT2D eigenvalue weighted by molar-refractivity contribution is 9.10. The molecule has 0 unspecified atom stereocenters. The van der Waals surface area contributed by atoms with Crippen LogP contribution in [0.3, 0.4) is 0 Å². The summed E-state index contributed by atoms with van der Waals surface area (Å²) in [5.41, 5.74) is -0.439. The quantitative estimate of drug-likeness (QED) is 0.877. The van der Waals surface area contributed by atoms with E-state index in [0.717, 1.165) is 6.07 Å². The monoisotopic (exact) mass is 252 g/mol. The lowest BCUT2D eigenvalue weighted by atomic mass is 10.2. The minimum atomic E-state index is -2.72. The number of benzene rings is 1. The normalized spacial score (nSPS) is 10.5. The predicted molar refractivity (Wildman–Crippen MR) is 47.3 cm³/mol. The highest BCUT2D eigenvalue weighted by Gasteiger charge is 2.16. The van der Waals surface area contributed by atoms with Crippen molar-refractivity contribution >= 4 is 15.9 Å². The smallest absolute Gasteiger partial charge is 0.267 e. The second-order valence-corrected chi connectivity index (χ2v) is 3.20. The summed E-state index contributed by atoms with van der Waals surface area (Å²) in [5, 5.41) is 9.21. The summed E-state index contributed by atoms with van der Waals surface area (Å²) in [4.78, 5) is 0. The number of halogens is 3. The van der Waals surface area contributed by atoms with Crippen molar-refractivity contribution in [2.75, 3.05) is 7.11 Å². The molecule has 0 heterocycles. The number of aromatic hydroxyl groups is 1. The fraction of sp³-hybridized carbons (Fsp3) is 0.250. The maximum atomic E-state index is 12.3. The van der Waals surface area contributed by atoms with E-state index in [4.69, 9.17) is 4.74 Å². The molecule has 13 heavy (non-hydrogen) atoms. The first-order chi connectivity index (χ1) is 6.06. The van der Waals surface area contributed by atoms with E-state index in [9.17, 15) is 13.9 Å². The van der Waals surface area contributed by atoms with E-state index in [0.29, 0.717) is 0 Å². The molecular formula is C8H7BrF2O2. The molecule has 0 aliphatic carbocycles. The summed E-state index contributed by atoms with van der Waals surface area (Å²) in [6.07, 6.45) is -2.72. The number of phenols is 1. The zero-order valence-electron chi connectivity index (χ0n) is 6.72. The first kappa shape index (κ1) is 10.2. The summed E-state index contributed by atoms with van der Waals surface area (Å²) in [6.45, 7) is 0. The lowest BCUT2D eigenvalue weighted by Crippen LogP contribution is -1.90. The van der Waals surface area contributed by atoms with E-state index < -0.39 is 17.7 Å². The topological polar surface area (TPSA) is 29.5 Å². The Morgan fingerprint density at radius 3 is 2.54 bits per heavy atom. The Morgan fingerprint density at radius 2 is 2.08 bits per heavy atom. The van der Waals surface area contributed by atoms with Crippen molar-refractivity contribution in [3.63, 3.8) is 0 Å². The summed E-state index contributed by atoms with van der Waals surface area (Å²) < 4.78 is 29.5. The minimum Gasteiger partial charge on any atom is -0.506 e. The van der Waals surface area contributed by atoms with Crippen LogP contribution in [0, 0.1) is 0 Å². The van der Waals surface area contributed by atoms with Gasteiger partial charge in [0.2, 0.25) is 0 Å². The van der Waals surface area contributed by atoms with Gasteiger partial charge in [0.25, 0.3) is 6.43 Å². The molecule has 5 heteroatoms. The molecule has 0 aliphatic heterocycles. The van der Waals surface area contributed by atoms with Crippen LogP contribution in [-0.2, 0) is 0 Å². The van der Waals surface area contributed by atoms with E-state index in [-0.39, 0.29) is 10.2 Å². The number of ether oxygens (including phenoxy) is 1. The molecule has 1 aromatic carbocycles. The van der Waals surface area contributed by atoms with E-state index in [2.05, 4.69) is 15.9 Å². The summed E-state index contributed by atoms with van der Waals surface area (Å²) in [5.74, 6) is -0.171. The van der Waals surface area contributed by atoms with Gasteiger partial charge >= 0.3 is 0 Å². The number of hydrogen-bond donors (Lipinski definition) is 1. The fourth-order valence-electron chi connectivity index (χ4n) is 0.879. The maximum Gasteiger partial charge on any atom is 0.267 e. The van der Waals surface area contributed by atoms with Crippen LogP contribution < -0.4 is 4.74 Å². The van der Waals surface area contributed by atoms with Gasteiger partial charge in [-0.3, -0.25) is 0 Å². The van der Waals surface area contributed by atoms with Gasteiger partial charge in [0.05, 0.1) is 17.1 Å². The van der Waals surface area contributed by atoms with Crippen LogP contribution >= 0.6 is 15.9 Å². The molecule has 2 nitrogen and oxygen atoms in total. The molecular weight excluding hydrogens is 246 g/mol. The molecule has 0 fully saturated rings. The fourth-order valence-corrected chi connectivity index (χ4v) is 1.33. The van der Waals surface area contributed by atoms with Gasteiger partial charge < -0.3 is 9.84 Å². The van der Waals surface area contributed by atoms with Gasteiger partial charge in [-0.25, -0.2) is 8.78 Å². The van der Waals surface area contributed by atoms with Gasteiger partial charge in [0, 0.05) is 0 Å². The predicted octanol–water partition coefficient (Wildman–Crippen LogP) is 3.10. The second kappa shape index (κ2) is 3.91. The standard InChI is InChI=1S/C8H7BrF2O2/c1-13-4-2-5(8(10)11)7(12)6(9)3-4/h2-3,8,12H,1H3. The Balaban J connectivity index is 3.25. The highest BCUT2D eigenvalue weighted by Crippen LogP contribution is 2.37. The van der Waals surface area contributed by atoms with Crippen LogP contribution in [0.2, 0.25) is 0 Å². The second-order valence-electron chi connectivity index (χ2n) is 2.35. The van der Waals surface area contributed by atoms with Gasteiger partial charge in [-0.05, 0) is 28.1 Å². The van der Waals surface area contributed by atoms with Crippen molar-refractivity contribution in [3.8, 4) is 11.5 Å². The minimum absolute atomic E-state index is 0.196. The van der Waals surface area contributed by atoms with Crippen LogP contribution in [-0.4, -0.2) is 12.2 Å². The van der Waals surface area contributed by atoms with Crippen LogP contribution in [0.1, 0.15) is 12.0 Å². The molecule has 0 spiro atoms. The lowest BCUT2D eigenvalue weighted by molar-refractivity contribution is 0.147. The third kappa shape index (κ3) is 2.09. The van der Waals surface area contributed by atoms with Gasteiger partial charge in [-0.1, -0.05) is 0 Å². The number of phenolic OH excluding ortho intramolecular Hbond substituents is 1. The van der Waals surface area contributed by atoms with Gasteiger partial charge in [-0.15, -0.1) is 0 Å². The molecule has 0 amide bonds. The molecule has 0 saturated carbocycles. The van der Waals surface area contributed by atoms with E-state index >= 15 is 0 Å². The van der Waals surface area contributed by atoms with E-state index in [1.165, 1.54) is 13.2 Å². The first-order valence-electron chi connectivity index (χ1n) is 3.40. The number of hydrogen-bond acceptors (Lipinski definition) is 2. The Bertz CT molecular complexity index is 315. The SMILES string of the molecule is COc1cc(Br)c(O)c(C(F)F)c1. The summed E-state index contributed by atoms with van der Waals surface area (Å²) in [6, 6.07) is 2.52. The third-order valence-electron chi connectivity index (χ3n) is 1.54. The van der Waals surface area contributed by atoms with Crippen LogP contribution in [0.5, 0.6) is 11.5 Å². The number of alkyl halides is 2. The van der Waals surface area contributed by atoms with Crippen molar-refractivity contribution < 1.29 is 18.6 Å². The van der Waals surface area contributed by atoms with Crippen molar-refractivity contribution in [2.45, 2.75) is 6.43 Å². The molecule has 0 saturated heterocycles. The van der Waals surface area contributed by atoms with Crippen LogP contribution in [0.15, 0.2) is 16.6 Å². The summed E-state index contributed by atoms with van der Waals surface area (Å²) in [7, 11) is 1.37. The van der Waals surface area contributed by atoms with Crippen LogP contribution in [0.4, 0.5) is 8.78 Å². The molecule has 0 aromatic heterocycles. The third-order valence-corrected chi connectivity index (χ3v) is 2.14. The summed E-state index contributed by atoms with van der Waals surface area (Å²) >= 11 is 2.94. The average Bonchev–Trinajstić information content (AvgIpc) is 2.09. The first-order valence-corrected chi connectivity index (χ1v) is 4.20. The molecule has 0 atom stereocenters. The van der Waals surface area contributed by atoms with Crippen molar-refractivity contribution in [2.24, 2.45) is 0 Å². The van der Waals surface area contributed by atoms with Gasteiger partial charge in [0.1, 0.15) is 11.5 Å². The van der Waals surface area contributed by atoms with E-state index in [1.54, 1.807) is 0 Å². The maximum absolute atomic E-state index is 12.3. The van der Waals surface area contributed by atoms with E-state index in [1.807, 2.05) is 0 Å². The lowest BCUT2D eigenvalue weighted by Gasteiger charge is -2.07. The van der Waals surface area contributed by atoms with Gasteiger partial charge in [-0.2, -0.15) is 0 Å². The number of rotatable bonds is 2. The van der Waals surface area contributed by atoms with Crippen molar-refractivity contribution in [1.29, 1.82) is 0 Å². The zero-order valence-corrected chi connectivity index (χ0v) is 8.31. The van der Waals surface area contributed by atoms with Crippen molar-refractivity contribution in [1.82, 2.24) is 0 Å². The molecule has 1 rings (SSSR count). The Kier molecular flexibility index (Phi) is 3.08. The van der Waals surface area contributed by atoms with Gasteiger partial charge in [0.15, 0.2) is 0 Å². The van der Waals surface area contributed by atoms with Crippen LogP contribution in [0.25, 0.3) is 0 Å². The Labute approximate surface area is 82.3 Å². The Hall–Kier alpha value is -0.840. The van der Waals surface area contributed by atoms with Crippen molar-refractivity contribution in [3.05, 3.63) is 22.2 Å². The Morgan fingerprint density at radius 1 is 1.46 bits per heavy atom. The molecule has 1 N–H and O–H groups in total. The molecule has 0 radical (unpaired) electrons.